The third-order valence-electron chi connectivity index (χ3n) is 5.40. The summed E-state index contributed by atoms with van der Waals surface area (Å²) in [7, 11) is -3.58. The van der Waals surface area contributed by atoms with Gasteiger partial charge in [-0.1, -0.05) is 29.8 Å². The van der Waals surface area contributed by atoms with Crippen molar-refractivity contribution >= 4 is 33.0 Å². The van der Waals surface area contributed by atoms with Crippen LogP contribution in [0.2, 0.25) is 5.02 Å². The van der Waals surface area contributed by atoms with Crippen LogP contribution in [0.15, 0.2) is 57.5 Å². The van der Waals surface area contributed by atoms with Crippen molar-refractivity contribution in [3.05, 3.63) is 69.5 Å². The first-order valence-corrected chi connectivity index (χ1v) is 12.7. The third kappa shape index (κ3) is 5.61. The highest BCUT2D eigenvalue weighted by Crippen LogP contribution is 2.29. The van der Waals surface area contributed by atoms with E-state index in [-0.39, 0.29) is 9.77 Å². The minimum absolute atomic E-state index is 0.242. The molecule has 1 saturated heterocycles. The van der Waals surface area contributed by atoms with E-state index in [1.54, 1.807) is 18.2 Å². The molecule has 0 saturated carbocycles. The number of thiophene rings is 1. The van der Waals surface area contributed by atoms with Gasteiger partial charge in [0.15, 0.2) is 0 Å². The van der Waals surface area contributed by atoms with Crippen LogP contribution in [0.25, 0.3) is 10.6 Å². The summed E-state index contributed by atoms with van der Waals surface area (Å²) < 4.78 is 28.4. The van der Waals surface area contributed by atoms with Crippen LogP contribution in [-0.4, -0.2) is 43.1 Å². The topological polar surface area (TPSA) is 95.2 Å². The zero-order valence-electron chi connectivity index (χ0n) is 16.8. The zero-order chi connectivity index (χ0) is 21.8. The summed E-state index contributed by atoms with van der Waals surface area (Å²) in [4.78, 5) is 14.2. The number of hydrogen-bond donors (Lipinski definition) is 2. The molecule has 4 rings (SSSR count). The fourth-order valence-corrected chi connectivity index (χ4v) is 6.23. The van der Waals surface area contributed by atoms with Gasteiger partial charge in [-0.2, -0.15) is 5.10 Å². The molecule has 3 heterocycles. The Labute approximate surface area is 190 Å². The van der Waals surface area contributed by atoms with Gasteiger partial charge in [0.05, 0.1) is 4.88 Å². The van der Waals surface area contributed by atoms with Gasteiger partial charge >= 0.3 is 0 Å². The van der Waals surface area contributed by atoms with E-state index in [0.29, 0.717) is 23.0 Å². The molecule has 0 atom stereocenters. The van der Waals surface area contributed by atoms with E-state index < -0.39 is 10.0 Å². The molecule has 0 radical (unpaired) electrons. The van der Waals surface area contributed by atoms with Gasteiger partial charge in [0.1, 0.15) is 9.90 Å². The molecule has 2 N–H and O–H groups in total. The van der Waals surface area contributed by atoms with E-state index in [9.17, 15) is 13.2 Å². The molecule has 31 heavy (non-hydrogen) atoms. The van der Waals surface area contributed by atoms with Crippen LogP contribution in [-0.2, 0) is 16.6 Å². The second-order valence-corrected chi connectivity index (χ2v) is 11.1. The monoisotopic (exact) mass is 478 g/mol. The molecular formula is C21H23ClN4O3S2. The summed E-state index contributed by atoms with van der Waals surface area (Å²) in [6, 6.07) is 14.1. The third-order valence-corrected chi connectivity index (χ3v) is 8.79. The number of H-pyrrole nitrogens is 1. The van der Waals surface area contributed by atoms with E-state index in [1.165, 1.54) is 6.07 Å². The number of benzene rings is 1. The number of likely N-dealkylation sites (tertiary alicyclic amines) is 1. The van der Waals surface area contributed by atoms with Crippen molar-refractivity contribution in [2.24, 2.45) is 5.92 Å². The Kier molecular flexibility index (Phi) is 6.88. The molecule has 0 spiro atoms. The fourth-order valence-electron chi connectivity index (χ4n) is 3.60. The van der Waals surface area contributed by atoms with Crippen LogP contribution in [0.1, 0.15) is 18.4 Å². The molecule has 0 unspecified atom stereocenters. The molecule has 1 aliphatic heterocycles. The van der Waals surface area contributed by atoms with Crippen molar-refractivity contribution in [2.75, 3.05) is 19.6 Å². The molecule has 0 amide bonds. The average Bonchev–Trinajstić information content (AvgIpc) is 3.27. The maximum Gasteiger partial charge on any atom is 0.264 e. The summed E-state index contributed by atoms with van der Waals surface area (Å²) >= 11 is 7.39. The lowest BCUT2D eigenvalue weighted by molar-refractivity contribution is 0.178. The molecule has 1 fully saturated rings. The average molecular weight is 479 g/mol. The lowest BCUT2D eigenvalue weighted by Crippen LogP contribution is -2.38. The number of aromatic nitrogens is 2. The Bertz CT molecular complexity index is 1180. The van der Waals surface area contributed by atoms with Crippen LogP contribution >= 0.6 is 22.9 Å². The number of nitrogens with one attached hydrogen (secondary N) is 2. The normalized spacial score (nSPS) is 15.9. The Morgan fingerprint density at radius 2 is 1.90 bits per heavy atom. The molecule has 3 aromatic rings. The van der Waals surface area contributed by atoms with Crippen molar-refractivity contribution in [1.82, 2.24) is 19.8 Å². The van der Waals surface area contributed by atoms with E-state index in [4.69, 9.17) is 11.6 Å². The van der Waals surface area contributed by atoms with Crippen molar-refractivity contribution in [1.29, 1.82) is 0 Å². The van der Waals surface area contributed by atoms with Gasteiger partial charge in [0.25, 0.3) is 5.56 Å². The van der Waals surface area contributed by atoms with Gasteiger partial charge in [-0.15, -0.1) is 11.3 Å². The van der Waals surface area contributed by atoms with Crippen molar-refractivity contribution in [3.8, 4) is 10.6 Å². The first-order chi connectivity index (χ1) is 14.9. The first kappa shape index (κ1) is 22.2. The quantitative estimate of drug-likeness (QED) is 0.543. The van der Waals surface area contributed by atoms with Crippen molar-refractivity contribution < 1.29 is 8.42 Å². The van der Waals surface area contributed by atoms with E-state index in [0.717, 1.165) is 54.4 Å². The molecule has 1 aliphatic rings. The number of rotatable bonds is 7. The van der Waals surface area contributed by atoms with Crippen molar-refractivity contribution in [2.45, 2.75) is 23.6 Å². The molecule has 0 bridgehead atoms. The predicted molar refractivity (Wildman–Crippen MR) is 123 cm³/mol. The summed E-state index contributed by atoms with van der Waals surface area (Å²) in [6.07, 6.45) is 1.87. The van der Waals surface area contributed by atoms with Crippen LogP contribution in [0, 0.1) is 5.92 Å². The van der Waals surface area contributed by atoms with Gasteiger partial charge in [0.2, 0.25) is 10.0 Å². The maximum absolute atomic E-state index is 12.7. The smallest absolute Gasteiger partial charge is 0.264 e. The van der Waals surface area contributed by atoms with Crippen LogP contribution in [0.5, 0.6) is 0 Å². The predicted octanol–water partition coefficient (Wildman–Crippen LogP) is 3.34. The maximum atomic E-state index is 12.7. The van der Waals surface area contributed by atoms with Crippen LogP contribution < -0.4 is 10.3 Å². The minimum Gasteiger partial charge on any atom is -0.299 e. The van der Waals surface area contributed by atoms with Gasteiger partial charge in [0, 0.05) is 24.2 Å². The summed E-state index contributed by atoms with van der Waals surface area (Å²) in [5.41, 5.74) is 1.36. The second kappa shape index (κ2) is 9.62. The van der Waals surface area contributed by atoms with E-state index in [2.05, 4.69) is 19.8 Å². The molecule has 1 aromatic carbocycles. The van der Waals surface area contributed by atoms with Gasteiger partial charge in [-0.05, 0) is 61.7 Å². The Morgan fingerprint density at radius 3 is 2.61 bits per heavy atom. The standard InChI is InChI=1S/C21H23ClN4O3S2/c22-17-4-2-1-3-16(17)14-26-11-9-15(10-12-26)13-23-31(28,29)21-8-6-19(30-21)18-5-7-20(27)25-24-18/h1-8,15,23H,9-14H2,(H,25,27). The SMILES string of the molecule is O=c1ccc(-c2ccc(S(=O)(=O)NCC3CCN(Cc4ccccc4Cl)CC3)s2)n[nH]1. The second-order valence-electron chi connectivity index (χ2n) is 7.59. The van der Waals surface area contributed by atoms with Crippen LogP contribution in [0.3, 0.4) is 0 Å². The van der Waals surface area contributed by atoms with E-state index in [1.807, 2.05) is 24.3 Å². The van der Waals surface area contributed by atoms with Crippen LogP contribution in [0.4, 0.5) is 0 Å². The number of piperidine rings is 1. The Morgan fingerprint density at radius 1 is 1.13 bits per heavy atom. The molecule has 10 heteroatoms. The number of halogens is 1. The summed E-state index contributed by atoms with van der Waals surface area (Å²) in [6.45, 7) is 3.07. The summed E-state index contributed by atoms with van der Waals surface area (Å²) in [5.74, 6) is 0.303. The van der Waals surface area contributed by atoms with Gasteiger partial charge < -0.3 is 0 Å². The van der Waals surface area contributed by atoms with Gasteiger partial charge in [-0.25, -0.2) is 18.2 Å². The highest BCUT2D eigenvalue weighted by atomic mass is 35.5. The number of aromatic amines is 1. The largest absolute Gasteiger partial charge is 0.299 e. The highest BCUT2D eigenvalue weighted by molar-refractivity contribution is 7.91. The molecular weight excluding hydrogens is 456 g/mol. The van der Waals surface area contributed by atoms with Crippen molar-refractivity contribution in [3.63, 3.8) is 0 Å². The number of hydrogen-bond acceptors (Lipinski definition) is 6. The lowest BCUT2D eigenvalue weighted by atomic mass is 9.97. The number of nitrogens with zero attached hydrogens (tertiary/aromatic N) is 2. The minimum atomic E-state index is -3.58. The van der Waals surface area contributed by atoms with Gasteiger partial charge in [-0.3, -0.25) is 9.69 Å². The Balaban J connectivity index is 1.30. The van der Waals surface area contributed by atoms with E-state index >= 15 is 0 Å². The molecule has 164 valence electrons. The highest BCUT2D eigenvalue weighted by Gasteiger charge is 2.23. The lowest BCUT2D eigenvalue weighted by Gasteiger charge is -2.32. The fraction of sp³-hybridized carbons (Fsp3) is 0.333. The molecule has 7 nitrogen and oxygen atoms in total. The molecule has 2 aromatic heterocycles. The first-order valence-electron chi connectivity index (χ1n) is 10.0. The summed E-state index contributed by atoms with van der Waals surface area (Å²) in [5, 5.41) is 7.09. The molecule has 0 aliphatic carbocycles. The Hall–Kier alpha value is -2.04. The zero-order valence-corrected chi connectivity index (χ0v) is 19.1. The number of sulfonamides is 1.